The summed E-state index contributed by atoms with van der Waals surface area (Å²) in [5.74, 6) is 1.60. The molecule has 0 saturated carbocycles. The predicted octanol–water partition coefficient (Wildman–Crippen LogP) is 2.94. The van der Waals surface area contributed by atoms with Crippen LogP contribution in [0.3, 0.4) is 0 Å². The Hall–Kier alpha value is -0.670. The van der Waals surface area contributed by atoms with Crippen molar-refractivity contribution in [3.8, 4) is 5.75 Å². The molecule has 1 aromatic carbocycles. The Kier molecular flexibility index (Phi) is 3.77. The first-order valence-electron chi connectivity index (χ1n) is 5.83. The molecule has 0 radical (unpaired) electrons. The highest BCUT2D eigenvalue weighted by atomic mass is 32.2. The molecule has 0 spiro atoms. The van der Waals surface area contributed by atoms with Crippen LogP contribution in [0.25, 0.3) is 0 Å². The molecular formula is C13H19NOS. The molecule has 1 heterocycles. The van der Waals surface area contributed by atoms with Gasteiger partial charge in [-0.15, -0.1) is 0 Å². The van der Waals surface area contributed by atoms with E-state index in [-0.39, 0.29) is 0 Å². The van der Waals surface area contributed by atoms with Gasteiger partial charge in [-0.05, 0) is 36.8 Å². The minimum Gasteiger partial charge on any atom is -0.508 e. The predicted molar refractivity (Wildman–Crippen MR) is 70.0 cm³/mol. The summed E-state index contributed by atoms with van der Waals surface area (Å²) in [6.45, 7) is 4.44. The lowest BCUT2D eigenvalue weighted by molar-refractivity contribution is 0.447. The molecule has 2 nitrogen and oxygen atoms in total. The zero-order valence-electron chi connectivity index (χ0n) is 9.81. The van der Waals surface area contributed by atoms with Crippen LogP contribution in [0.5, 0.6) is 5.75 Å². The Morgan fingerprint density at radius 1 is 1.50 bits per heavy atom. The summed E-state index contributed by atoms with van der Waals surface area (Å²) < 4.78 is 0. The number of benzene rings is 1. The largest absolute Gasteiger partial charge is 0.508 e. The number of phenolic OH excluding ortho intramolecular Hbond substituents is 1. The normalized spacial score (nSPS) is 26.9. The van der Waals surface area contributed by atoms with Crippen molar-refractivity contribution in [2.24, 2.45) is 0 Å². The van der Waals surface area contributed by atoms with Gasteiger partial charge in [0.2, 0.25) is 0 Å². The third-order valence-corrected chi connectivity index (χ3v) is 4.54. The lowest BCUT2D eigenvalue weighted by Crippen LogP contribution is -2.35. The Balaban J connectivity index is 1.99. The fourth-order valence-corrected chi connectivity index (χ4v) is 3.37. The van der Waals surface area contributed by atoms with Crippen molar-refractivity contribution in [1.82, 2.24) is 5.32 Å². The minimum absolute atomic E-state index is 0.304. The van der Waals surface area contributed by atoms with E-state index in [9.17, 15) is 5.11 Å². The summed E-state index contributed by atoms with van der Waals surface area (Å²) in [5, 5.41) is 13.8. The lowest BCUT2D eigenvalue weighted by atomic mass is 10.1. The quantitative estimate of drug-likeness (QED) is 0.848. The minimum atomic E-state index is 0.304. The average Bonchev–Trinajstić information content (AvgIpc) is 2.64. The number of phenols is 1. The third-order valence-electron chi connectivity index (χ3n) is 3.21. The van der Waals surface area contributed by atoms with Gasteiger partial charge in [0, 0.05) is 17.3 Å². The van der Waals surface area contributed by atoms with Gasteiger partial charge in [-0.1, -0.05) is 19.1 Å². The molecule has 2 rings (SSSR count). The molecule has 0 aromatic heterocycles. The molecule has 1 aromatic rings. The Morgan fingerprint density at radius 2 is 2.31 bits per heavy atom. The van der Waals surface area contributed by atoms with Crippen LogP contribution in [0, 0.1) is 0 Å². The van der Waals surface area contributed by atoms with E-state index < -0.39 is 0 Å². The summed E-state index contributed by atoms with van der Waals surface area (Å²) in [6, 6.07) is 8.41. The molecule has 1 aliphatic heterocycles. The number of aromatic hydroxyl groups is 1. The van der Waals surface area contributed by atoms with Crippen LogP contribution in [-0.2, 0) is 0 Å². The van der Waals surface area contributed by atoms with Gasteiger partial charge in [-0.3, -0.25) is 0 Å². The number of hydrogen-bond acceptors (Lipinski definition) is 3. The highest BCUT2D eigenvalue weighted by Gasteiger charge is 2.25. The van der Waals surface area contributed by atoms with E-state index in [1.54, 1.807) is 6.07 Å². The van der Waals surface area contributed by atoms with E-state index in [2.05, 4.69) is 25.2 Å². The molecule has 1 fully saturated rings. The molecule has 0 aliphatic carbocycles. The molecule has 0 bridgehead atoms. The second-order valence-electron chi connectivity index (χ2n) is 4.45. The summed E-state index contributed by atoms with van der Waals surface area (Å²) in [7, 11) is 0. The van der Waals surface area contributed by atoms with Crippen molar-refractivity contribution in [2.45, 2.75) is 37.6 Å². The maximum absolute atomic E-state index is 9.44. The van der Waals surface area contributed by atoms with Gasteiger partial charge in [0.1, 0.15) is 5.75 Å². The topological polar surface area (TPSA) is 32.3 Å². The summed E-state index contributed by atoms with van der Waals surface area (Å²) in [6.07, 6.45) is 1.25. The molecule has 3 atom stereocenters. The summed E-state index contributed by atoms with van der Waals surface area (Å²) in [4.78, 5) is 0. The SMILES string of the molecule is CC(NC1CCSC1C)c1cccc(O)c1. The summed E-state index contributed by atoms with van der Waals surface area (Å²) >= 11 is 2.03. The van der Waals surface area contributed by atoms with E-state index in [0.717, 1.165) is 5.56 Å². The van der Waals surface area contributed by atoms with Gasteiger partial charge < -0.3 is 10.4 Å². The molecule has 88 valence electrons. The van der Waals surface area contributed by atoms with Crippen LogP contribution >= 0.6 is 11.8 Å². The molecule has 0 amide bonds. The van der Waals surface area contributed by atoms with Crippen LogP contribution < -0.4 is 5.32 Å². The van der Waals surface area contributed by atoms with E-state index >= 15 is 0 Å². The number of hydrogen-bond donors (Lipinski definition) is 2. The molecule has 2 N–H and O–H groups in total. The zero-order chi connectivity index (χ0) is 11.5. The van der Waals surface area contributed by atoms with Crippen LogP contribution in [0.1, 0.15) is 31.9 Å². The fraction of sp³-hybridized carbons (Fsp3) is 0.538. The van der Waals surface area contributed by atoms with Gasteiger partial charge in [0.25, 0.3) is 0 Å². The summed E-state index contributed by atoms with van der Waals surface area (Å²) in [5.41, 5.74) is 1.16. The highest BCUT2D eigenvalue weighted by Crippen LogP contribution is 2.28. The van der Waals surface area contributed by atoms with E-state index in [0.29, 0.717) is 23.1 Å². The maximum Gasteiger partial charge on any atom is 0.115 e. The number of rotatable bonds is 3. The molecule has 1 saturated heterocycles. The standard InChI is InChI=1S/C13H19NOS/c1-9(11-4-3-5-12(15)8-11)14-13-6-7-16-10(13)2/h3-5,8-10,13-15H,6-7H2,1-2H3. The van der Waals surface area contributed by atoms with Crippen LogP contribution in [-0.4, -0.2) is 22.2 Å². The smallest absolute Gasteiger partial charge is 0.115 e. The zero-order valence-corrected chi connectivity index (χ0v) is 10.6. The molecule has 3 heteroatoms. The van der Waals surface area contributed by atoms with Crippen LogP contribution in [0.15, 0.2) is 24.3 Å². The molecular weight excluding hydrogens is 218 g/mol. The van der Waals surface area contributed by atoms with Gasteiger partial charge in [0.15, 0.2) is 0 Å². The van der Waals surface area contributed by atoms with Crippen LogP contribution in [0.4, 0.5) is 0 Å². The van der Waals surface area contributed by atoms with Gasteiger partial charge in [-0.25, -0.2) is 0 Å². The van der Waals surface area contributed by atoms with Crippen molar-refractivity contribution in [1.29, 1.82) is 0 Å². The van der Waals surface area contributed by atoms with Crippen molar-refractivity contribution < 1.29 is 5.11 Å². The molecule has 16 heavy (non-hydrogen) atoms. The second kappa shape index (κ2) is 5.11. The molecule has 1 aliphatic rings. The van der Waals surface area contributed by atoms with Crippen molar-refractivity contribution in [3.05, 3.63) is 29.8 Å². The molecule has 3 unspecified atom stereocenters. The maximum atomic E-state index is 9.44. The third kappa shape index (κ3) is 2.71. The number of nitrogens with one attached hydrogen (secondary N) is 1. The second-order valence-corrected chi connectivity index (χ2v) is 5.94. The van der Waals surface area contributed by atoms with Crippen molar-refractivity contribution >= 4 is 11.8 Å². The van der Waals surface area contributed by atoms with Gasteiger partial charge >= 0.3 is 0 Å². The fourth-order valence-electron chi connectivity index (χ4n) is 2.16. The number of thioether (sulfide) groups is 1. The first-order chi connectivity index (χ1) is 7.66. The van der Waals surface area contributed by atoms with Crippen LogP contribution in [0.2, 0.25) is 0 Å². The highest BCUT2D eigenvalue weighted by molar-refractivity contribution is 8.00. The Morgan fingerprint density at radius 3 is 2.94 bits per heavy atom. The van der Waals surface area contributed by atoms with Gasteiger partial charge in [-0.2, -0.15) is 11.8 Å². The van der Waals surface area contributed by atoms with Crippen molar-refractivity contribution in [3.63, 3.8) is 0 Å². The monoisotopic (exact) mass is 237 g/mol. The lowest BCUT2D eigenvalue weighted by Gasteiger charge is -2.22. The van der Waals surface area contributed by atoms with Crippen molar-refractivity contribution in [2.75, 3.05) is 5.75 Å². The first-order valence-corrected chi connectivity index (χ1v) is 6.88. The van der Waals surface area contributed by atoms with E-state index in [1.165, 1.54) is 12.2 Å². The first kappa shape index (κ1) is 11.8. The van der Waals surface area contributed by atoms with Gasteiger partial charge in [0.05, 0.1) is 0 Å². The Bertz CT molecular complexity index is 356. The Labute approximate surface area is 101 Å². The van der Waals surface area contributed by atoms with E-state index in [4.69, 9.17) is 0 Å². The average molecular weight is 237 g/mol. The van der Waals surface area contributed by atoms with E-state index in [1.807, 2.05) is 23.9 Å².